The van der Waals surface area contributed by atoms with Gasteiger partial charge in [-0.1, -0.05) is 0 Å². The second-order valence-electron chi connectivity index (χ2n) is 3.79. The van der Waals surface area contributed by atoms with E-state index in [1.165, 1.54) is 35.1 Å². The van der Waals surface area contributed by atoms with E-state index in [0.717, 1.165) is 0 Å². The maximum Gasteiger partial charge on any atom is 0.196 e. The number of hydrogen-bond donors (Lipinski definition) is 0. The zero-order chi connectivity index (χ0) is 12.5. The first-order valence-corrected chi connectivity index (χ1v) is 5.34. The van der Waals surface area contributed by atoms with Crippen LogP contribution in [0.4, 0.5) is 4.39 Å². The van der Waals surface area contributed by atoms with Crippen LogP contribution < -0.4 is 0 Å². The van der Waals surface area contributed by atoms with Crippen molar-refractivity contribution in [3.05, 3.63) is 65.9 Å². The molecule has 0 atom stereocenters. The number of carbonyl (C=O) groups excluding carboxylic acids is 1. The molecule has 0 amide bonds. The minimum atomic E-state index is -0.368. The largest absolute Gasteiger partial charge is 0.288 e. The van der Waals surface area contributed by atoms with Gasteiger partial charge >= 0.3 is 0 Å². The Labute approximate surface area is 102 Å². The van der Waals surface area contributed by atoms with Crippen molar-refractivity contribution in [1.82, 2.24) is 14.6 Å². The van der Waals surface area contributed by atoms with E-state index < -0.39 is 0 Å². The van der Waals surface area contributed by atoms with Gasteiger partial charge in [0, 0.05) is 11.8 Å². The van der Waals surface area contributed by atoms with E-state index in [2.05, 4.69) is 10.1 Å². The summed E-state index contributed by atoms with van der Waals surface area (Å²) in [5.41, 5.74) is 1.36. The molecule has 2 aromatic heterocycles. The fraction of sp³-hybridized carbons (Fsp3) is 0. The number of benzene rings is 1. The summed E-state index contributed by atoms with van der Waals surface area (Å²) in [4.78, 5) is 16.3. The molecule has 0 spiro atoms. The van der Waals surface area contributed by atoms with Gasteiger partial charge in [0.2, 0.25) is 0 Å². The van der Waals surface area contributed by atoms with E-state index in [1.807, 2.05) is 0 Å². The number of nitrogens with zero attached hydrogens (tertiary/aromatic N) is 3. The Morgan fingerprint density at radius 2 is 1.94 bits per heavy atom. The maximum absolute atomic E-state index is 12.8. The highest BCUT2D eigenvalue weighted by molar-refractivity contribution is 6.12. The minimum Gasteiger partial charge on any atom is -0.288 e. The number of carbonyl (C=O) groups is 1. The van der Waals surface area contributed by atoms with E-state index in [-0.39, 0.29) is 11.6 Å². The van der Waals surface area contributed by atoms with E-state index in [0.29, 0.717) is 16.8 Å². The van der Waals surface area contributed by atoms with Gasteiger partial charge in [0.15, 0.2) is 11.4 Å². The molecule has 0 N–H and O–H groups in total. The molecule has 0 aliphatic carbocycles. The molecule has 0 bridgehead atoms. The first kappa shape index (κ1) is 10.6. The highest BCUT2D eigenvalue weighted by Gasteiger charge is 2.13. The van der Waals surface area contributed by atoms with Gasteiger partial charge in [-0.25, -0.2) is 13.9 Å². The Kier molecular flexibility index (Phi) is 2.37. The molecule has 5 heteroatoms. The number of ketones is 1. The summed E-state index contributed by atoms with van der Waals surface area (Å²) < 4.78 is 14.3. The molecule has 0 radical (unpaired) electrons. The summed E-state index contributed by atoms with van der Waals surface area (Å²) in [7, 11) is 0. The van der Waals surface area contributed by atoms with Crippen LogP contribution in [-0.2, 0) is 0 Å². The van der Waals surface area contributed by atoms with Crippen molar-refractivity contribution < 1.29 is 9.18 Å². The predicted octanol–water partition coefficient (Wildman–Crippen LogP) is 2.10. The quantitative estimate of drug-likeness (QED) is 0.645. The monoisotopic (exact) mass is 241 g/mol. The minimum absolute atomic E-state index is 0.200. The molecule has 18 heavy (non-hydrogen) atoms. The van der Waals surface area contributed by atoms with E-state index in [1.54, 1.807) is 18.3 Å². The summed E-state index contributed by atoms with van der Waals surface area (Å²) >= 11 is 0. The van der Waals surface area contributed by atoms with Crippen LogP contribution in [0.25, 0.3) is 5.65 Å². The van der Waals surface area contributed by atoms with Gasteiger partial charge in [-0.2, -0.15) is 5.10 Å². The summed E-state index contributed by atoms with van der Waals surface area (Å²) in [5, 5.41) is 3.96. The highest BCUT2D eigenvalue weighted by Crippen LogP contribution is 2.14. The number of aromatic nitrogens is 3. The van der Waals surface area contributed by atoms with E-state index >= 15 is 0 Å². The third kappa shape index (κ3) is 1.66. The van der Waals surface area contributed by atoms with Crippen LogP contribution in [-0.4, -0.2) is 20.4 Å². The Bertz CT molecular complexity index is 718. The molecule has 0 unspecified atom stereocenters. The van der Waals surface area contributed by atoms with Crippen LogP contribution in [0, 0.1) is 5.82 Å². The summed E-state index contributed by atoms with van der Waals surface area (Å²) in [6.45, 7) is 0. The van der Waals surface area contributed by atoms with Crippen LogP contribution in [0.1, 0.15) is 15.9 Å². The van der Waals surface area contributed by atoms with Crippen LogP contribution in [0.3, 0.4) is 0 Å². The van der Waals surface area contributed by atoms with E-state index in [4.69, 9.17) is 0 Å². The Hall–Kier alpha value is -2.56. The van der Waals surface area contributed by atoms with Crippen LogP contribution >= 0.6 is 0 Å². The number of rotatable bonds is 2. The molecule has 0 saturated heterocycles. The number of pyridine rings is 1. The SMILES string of the molecule is O=C(c1ccc(F)cc1)c1cccn2ncnc12. The molecule has 2 heterocycles. The van der Waals surface area contributed by atoms with Crippen molar-refractivity contribution >= 4 is 11.4 Å². The number of fused-ring (bicyclic) bond motifs is 1. The summed E-state index contributed by atoms with van der Waals surface area (Å²) in [5.74, 6) is -0.569. The van der Waals surface area contributed by atoms with Gasteiger partial charge in [0.25, 0.3) is 0 Å². The second kappa shape index (κ2) is 4.03. The van der Waals surface area contributed by atoms with Gasteiger partial charge in [-0.15, -0.1) is 0 Å². The molecule has 1 aromatic carbocycles. The van der Waals surface area contributed by atoms with Gasteiger partial charge in [-0.3, -0.25) is 4.79 Å². The first-order chi connectivity index (χ1) is 8.75. The molecule has 4 nitrogen and oxygen atoms in total. The molecule has 0 fully saturated rings. The Morgan fingerprint density at radius 3 is 2.72 bits per heavy atom. The van der Waals surface area contributed by atoms with Gasteiger partial charge in [-0.05, 0) is 36.4 Å². The average molecular weight is 241 g/mol. The second-order valence-corrected chi connectivity index (χ2v) is 3.79. The average Bonchev–Trinajstić information content (AvgIpc) is 2.87. The van der Waals surface area contributed by atoms with Crippen LogP contribution in [0.2, 0.25) is 0 Å². The third-order valence-electron chi connectivity index (χ3n) is 2.66. The fourth-order valence-corrected chi connectivity index (χ4v) is 1.78. The summed E-state index contributed by atoms with van der Waals surface area (Å²) in [6, 6.07) is 8.83. The summed E-state index contributed by atoms with van der Waals surface area (Å²) in [6.07, 6.45) is 3.10. The van der Waals surface area contributed by atoms with Crippen molar-refractivity contribution in [2.45, 2.75) is 0 Å². The molecular weight excluding hydrogens is 233 g/mol. The lowest BCUT2D eigenvalue weighted by Gasteiger charge is -2.02. The van der Waals surface area contributed by atoms with Crippen LogP contribution in [0.5, 0.6) is 0 Å². The van der Waals surface area contributed by atoms with Gasteiger partial charge in [0.1, 0.15) is 12.1 Å². The molecule has 3 rings (SSSR count). The third-order valence-corrected chi connectivity index (χ3v) is 2.66. The zero-order valence-electron chi connectivity index (χ0n) is 9.25. The van der Waals surface area contributed by atoms with Crippen molar-refractivity contribution in [2.24, 2.45) is 0 Å². The molecule has 3 aromatic rings. The normalized spacial score (nSPS) is 10.7. The number of halogens is 1. The van der Waals surface area contributed by atoms with Gasteiger partial charge in [0.05, 0.1) is 5.56 Å². The molecular formula is C13H8FN3O. The van der Waals surface area contributed by atoms with Crippen molar-refractivity contribution in [2.75, 3.05) is 0 Å². The first-order valence-electron chi connectivity index (χ1n) is 5.34. The lowest BCUT2D eigenvalue weighted by atomic mass is 10.0. The molecule has 0 aliphatic heterocycles. The van der Waals surface area contributed by atoms with Crippen LogP contribution in [0.15, 0.2) is 48.9 Å². The maximum atomic E-state index is 12.8. The van der Waals surface area contributed by atoms with Crippen molar-refractivity contribution in [3.8, 4) is 0 Å². The standard InChI is InChI=1S/C13H8FN3O/c14-10-5-3-9(4-6-10)12(18)11-2-1-7-17-13(11)15-8-16-17/h1-8H. The lowest BCUT2D eigenvalue weighted by molar-refractivity contribution is 0.103. The fourth-order valence-electron chi connectivity index (χ4n) is 1.78. The molecule has 0 aliphatic rings. The van der Waals surface area contributed by atoms with E-state index in [9.17, 15) is 9.18 Å². The highest BCUT2D eigenvalue weighted by atomic mass is 19.1. The topological polar surface area (TPSA) is 47.3 Å². The molecule has 0 saturated carbocycles. The Balaban J connectivity index is 2.12. The van der Waals surface area contributed by atoms with Crippen molar-refractivity contribution in [3.63, 3.8) is 0 Å². The Morgan fingerprint density at radius 1 is 1.17 bits per heavy atom. The zero-order valence-corrected chi connectivity index (χ0v) is 9.25. The molecule has 88 valence electrons. The lowest BCUT2D eigenvalue weighted by Crippen LogP contribution is -2.04. The van der Waals surface area contributed by atoms with Gasteiger partial charge < -0.3 is 0 Å². The number of hydrogen-bond acceptors (Lipinski definition) is 3. The van der Waals surface area contributed by atoms with Crippen molar-refractivity contribution in [1.29, 1.82) is 0 Å². The predicted molar refractivity (Wildman–Crippen MR) is 62.8 cm³/mol. The smallest absolute Gasteiger partial charge is 0.196 e.